The molecule has 1 saturated heterocycles. The van der Waals surface area contributed by atoms with Crippen LogP contribution in [0.4, 0.5) is 4.79 Å². The van der Waals surface area contributed by atoms with Gasteiger partial charge in [0.15, 0.2) is 0 Å². The van der Waals surface area contributed by atoms with E-state index in [1.165, 1.54) is 0 Å². The van der Waals surface area contributed by atoms with Crippen molar-refractivity contribution < 1.29 is 14.0 Å². The molecular formula is C14H19N3O3. The van der Waals surface area contributed by atoms with Gasteiger partial charge in [0.1, 0.15) is 11.8 Å². The van der Waals surface area contributed by atoms with Crippen molar-refractivity contribution in [2.45, 2.75) is 44.3 Å². The van der Waals surface area contributed by atoms with Gasteiger partial charge in [-0.3, -0.25) is 4.79 Å². The Kier molecular flexibility index (Phi) is 3.62. The molecule has 0 aromatic carbocycles. The van der Waals surface area contributed by atoms with Gasteiger partial charge in [0.25, 0.3) is 0 Å². The Bertz CT molecular complexity index is 482. The van der Waals surface area contributed by atoms with Crippen LogP contribution in [0.15, 0.2) is 22.8 Å². The zero-order valence-electron chi connectivity index (χ0n) is 11.3. The van der Waals surface area contributed by atoms with Gasteiger partial charge in [-0.2, -0.15) is 0 Å². The summed E-state index contributed by atoms with van der Waals surface area (Å²) >= 11 is 0. The minimum absolute atomic E-state index is 0.107. The highest BCUT2D eigenvalue weighted by Gasteiger charge is 2.36. The van der Waals surface area contributed by atoms with Crippen molar-refractivity contribution in [3.63, 3.8) is 0 Å². The van der Waals surface area contributed by atoms with Crippen LogP contribution in [-0.2, 0) is 11.3 Å². The van der Waals surface area contributed by atoms with E-state index >= 15 is 0 Å². The van der Waals surface area contributed by atoms with Crippen molar-refractivity contribution in [3.8, 4) is 0 Å². The number of hydrogen-bond donors (Lipinski definition) is 2. The van der Waals surface area contributed by atoms with Crippen LogP contribution in [-0.4, -0.2) is 35.5 Å². The summed E-state index contributed by atoms with van der Waals surface area (Å²) in [6.45, 7) is 1.01. The van der Waals surface area contributed by atoms with Crippen LogP contribution in [0.2, 0.25) is 0 Å². The number of amides is 3. The van der Waals surface area contributed by atoms with E-state index in [1.54, 1.807) is 17.2 Å². The van der Waals surface area contributed by atoms with Crippen molar-refractivity contribution >= 4 is 11.9 Å². The molecule has 1 aromatic heterocycles. The Hall–Kier alpha value is -1.98. The summed E-state index contributed by atoms with van der Waals surface area (Å²) in [5.74, 6) is 0.607. The molecule has 20 heavy (non-hydrogen) atoms. The molecule has 1 aliphatic heterocycles. The normalized spacial score (nSPS) is 21.8. The van der Waals surface area contributed by atoms with Crippen molar-refractivity contribution in [2.75, 3.05) is 6.54 Å². The van der Waals surface area contributed by atoms with Crippen molar-refractivity contribution in [1.82, 2.24) is 15.5 Å². The second-order valence-corrected chi connectivity index (χ2v) is 5.37. The zero-order chi connectivity index (χ0) is 13.9. The quantitative estimate of drug-likeness (QED) is 0.869. The van der Waals surface area contributed by atoms with Gasteiger partial charge < -0.3 is 20.0 Å². The Morgan fingerprint density at radius 3 is 2.90 bits per heavy atom. The SMILES string of the molecule is O=C(NCc1ccco1)[C@H]1CCCN1C(=O)NC1CC1. The highest BCUT2D eigenvalue weighted by molar-refractivity contribution is 5.87. The molecule has 2 fully saturated rings. The number of rotatable bonds is 4. The first-order chi connectivity index (χ1) is 9.74. The van der Waals surface area contributed by atoms with Gasteiger partial charge in [0.2, 0.25) is 5.91 Å². The van der Waals surface area contributed by atoms with E-state index in [9.17, 15) is 9.59 Å². The lowest BCUT2D eigenvalue weighted by Crippen LogP contribution is -2.49. The lowest BCUT2D eigenvalue weighted by atomic mass is 10.2. The van der Waals surface area contributed by atoms with Crippen LogP contribution >= 0.6 is 0 Å². The molecule has 1 atom stereocenters. The molecule has 3 amide bonds. The van der Waals surface area contributed by atoms with E-state index in [-0.39, 0.29) is 18.0 Å². The third kappa shape index (κ3) is 2.95. The van der Waals surface area contributed by atoms with E-state index in [0.29, 0.717) is 24.9 Å². The van der Waals surface area contributed by atoms with Crippen LogP contribution in [0.5, 0.6) is 0 Å². The molecule has 0 bridgehead atoms. The van der Waals surface area contributed by atoms with Gasteiger partial charge in [-0.25, -0.2) is 4.79 Å². The first-order valence-electron chi connectivity index (χ1n) is 7.11. The van der Waals surface area contributed by atoms with Crippen LogP contribution in [0.25, 0.3) is 0 Å². The highest BCUT2D eigenvalue weighted by atomic mass is 16.3. The molecule has 108 valence electrons. The largest absolute Gasteiger partial charge is 0.467 e. The molecule has 2 N–H and O–H groups in total. The summed E-state index contributed by atoms with van der Waals surface area (Å²) in [5, 5.41) is 5.77. The van der Waals surface area contributed by atoms with E-state index in [0.717, 1.165) is 25.7 Å². The molecule has 0 unspecified atom stereocenters. The topological polar surface area (TPSA) is 74.6 Å². The van der Waals surface area contributed by atoms with Gasteiger partial charge in [0.05, 0.1) is 12.8 Å². The average Bonchev–Trinajstić information content (AvgIpc) is 2.98. The maximum atomic E-state index is 12.2. The van der Waals surface area contributed by atoms with E-state index in [1.807, 2.05) is 6.07 Å². The maximum absolute atomic E-state index is 12.2. The molecule has 2 heterocycles. The molecule has 1 aliphatic carbocycles. The Morgan fingerprint density at radius 1 is 1.35 bits per heavy atom. The predicted molar refractivity (Wildman–Crippen MR) is 71.8 cm³/mol. The van der Waals surface area contributed by atoms with Crippen molar-refractivity contribution in [2.24, 2.45) is 0 Å². The lowest BCUT2D eigenvalue weighted by Gasteiger charge is -2.24. The summed E-state index contributed by atoms with van der Waals surface area (Å²) in [6.07, 6.45) is 5.27. The fourth-order valence-electron chi connectivity index (χ4n) is 2.47. The molecule has 0 radical (unpaired) electrons. The number of furan rings is 1. The zero-order valence-corrected chi connectivity index (χ0v) is 11.3. The van der Waals surface area contributed by atoms with Crippen LogP contribution in [0.1, 0.15) is 31.4 Å². The third-order valence-corrected chi connectivity index (χ3v) is 3.74. The summed E-state index contributed by atoms with van der Waals surface area (Å²) < 4.78 is 5.17. The van der Waals surface area contributed by atoms with E-state index in [4.69, 9.17) is 4.42 Å². The average molecular weight is 277 g/mol. The lowest BCUT2D eigenvalue weighted by molar-refractivity contribution is -0.124. The number of nitrogens with one attached hydrogen (secondary N) is 2. The van der Waals surface area contributed by atoms with Gasteiger partial charge in [-0.1, -0.05) is 0 Å². The van der Waals surface area contributed by atoms with Gasteiger partial charge in [-0.05, 0) is 37.8 Å². The standard InChI is InChI=1S/C14H19N3O3/c18-13(15-9-11-3-2-8-20-11)12-4-1-7-17(12)14(19)16-10-5-6-10/h2-3,8,10,12H,1,4-7,9H2,(H,15,18)(H,16,19)/t12-/m1/s1. The summed E-state index contributed by atoms with van der Waals surface area (Å²) in [7, 11) is 0. The van der Waals surface area contributed by atoms with Crippen molar-refractivity contribution in [1.29, 1.82) is 0 Å². The molecule has 6 nitrogen and oxygen atoms in total. The smallest absolute Gasteiger partial charge is 0.318 e. The molecule has 3 rings (SSSR count). The Morgan fingerprint density at radius 2 is 2.20 bits per heavy atom. The number of likely N-dealkylation sites (tertiary alicyclic amines) is 1. The number of carbonyl (C=O) groups is 2. The summed E-state index contributed by atoms with van der Waals surface area (Å²) in [6, 6.07) is 3.45. The fraction of sp³-hybridized carbons (Fsp3) is 0.571. The molecule has 2 aliphatic rings. The number of hydrogen-bond acceptors (Lipinski definition) is 3. The van der Waals surface area contributed by atoms with Crippen LogP contribution < -0.4 is 10.6 Å². The third-order valence-electron chi connectivity index (χ3n) is 3.74. The second-order valence-electron chi connectivity index (χ2n) is 5.37. The molecule has 1 aromatic rings. The minimum atomic E-state index is -0.358. The van der Waals surface area contributed by atoms with E-state index in [2.05, 4.69) is 10.6 Å². The predicted octanol–water partition coefficient (Wildman–Crippen LogP) is 1.23. The Balaban J connectivity index is 1.53. The minimum Gasteiger partial charge on any atom is -0.467 e. The molecule has 1 saturated carbocycles. The number of carbonyl (C=O) groups excluding carboxylic acids is 2. The maximum Gasteiger partial charge on any atom is 0.318 e. The first-order valence-corrected chi connectivity index (χ1v) is 7.11. The van der Waals surface area contributed by atoms with E-state index < -0.39 is 0 Å². The first kappa shape index (κ1) is 13.0. The number of nitrogens with zero attached hydrogens (tertiary/aromatic N) is 1. The van der Waals surface area contributed by atoms with Gasteiger partial charge in [-0.15, -0.1) is 0 Å². The van der Waals surface area contributed by atoms with Gasteiger partial charge in [0, 0.05) is 12.6 Å². The van der Waals surface area contributed by atoms with Crippen molar-refractivity contribution in [3.05, 3.63) is 24.2 Å². The fourth-order valence-corrected chi connectivity index (χ4v) is 2.47. The molecular weight excluding hydrogens is 258 g/mol. The summed E-state index contributed by atoms with van der Waals surface area (Å²) in [4.78, 5) is 25.9. The second kappa shape index (κ2) is 5.56. The van der Waals surface area contributed by atoms with Crippen LogP contribution in [0, 0.1) is 0 Å². The molecule has 6 heteroatoms. The summed E-state index contributed by atoms with van der Waals surface area (Å²) in [5.41, 5.74) is 0. The number of urea groups is 1. The Labute approximate surface area is 117 Å². The van der Waals surface area contributed by atoms with Gasteiger partial charge >= 0.3 is 6.03 Å². The highest BCUT2D eigenvalue weighted by Crippen LogP contribution is 2.22. The monoisotopic (exact) mass is 277 g/mol. The molecule has 0 spiro atoms. The van der Waals surface area contributed by atoms with Crippen LogP contribution in [0.3, 0.4) is 0 Å².